The van der Waals surface area contributed by atoms with E-state index in [0.29, 0.717) is 0 Å². The number of aromatic nitrogens is 5. The lowest BCUT2D eigenvalue weighted by Crippen LogP contribution is -1.89. The topological polar surface area (TPSA) is 70.2 Å². The molecular weight excluding hydrogens is 250 g/mol. The zero-order chi connectivity index (χ0) is 13.4. The highest BCUT2D eigenvalue weighted by molar-refractivity contribution is 5.98. The standard InChI is InChI=1S/C15H11N5/c1-2-4-10(5-3-1)11-6-7-12-14(19-20-18-12)13(11)15-16-8-9-17-15/h1-9H,(H,16,17)(H,18,19,20). The molecule has 0 unspecified atom stereocenters. The van der Waals surface area contributed by atoms with Crippen molar-refractivity contribution in [2.45, 2.75) is 0 Å². The minimum absolute atomic E-state index is 0.795. The van der Waals surface area contributed by atoms with Gasteiger partial charge in [-0.2, -0.15) is 0 Å². The quantitative estimate of drug-likeness (QED) is 0.582. The Bertz CT molecular complexity index is 847. The first-order valence-electron chi connectivity index (χ1n) is 6.32. The molecule has 96 valence electrons. The van der Waals surface area contributed by atoms with Gasteiger partial charge in [0.2, 0.25) is 0 Å². The van der Waals surface area contributed by atoms with Crippen LogP contribution in [0.5, 0.6) is 0 Å². The third-order valence-corrected chi connectivity index (χ3v) is 3.32. The third-order valence-electron chi connectivity index (χ3n) is 3.32. The zero-order valence-corrected chi connectivity index (χ0v) is 10.5. The summed E-state index contributed by atoms with van der Waals surface area (Å²) in [4.78, 5) is 7.52. The van der Waals surface area contributed by atoms with Gasteiger partial charge in [0.05, 0.1) is 11.1 Å². The molecule has 0 aliphatic carbocycles. The van der Waals surface area contributed by atoms with E-state index < -0.39 is 0 Å². The van der Waals surface area contributed by atoms with Crippen LogP contribution in [0.4, 0.5) is 0 Å². The lowest BCUT2D eigenvalue weighted by Gasteiger charge is -2.08. The van der Waals surface area contributed by atoms with E-state index in [1.165, 1.54) is 0 Å². The Labute approximate surface area is 114 Å². The van der Waals surface area contributed by atoms with Gasteiger partial charge in [0.1, 0.15) is 11.3 Å². The van der Waals surface area contributed by atoms with Gasteiger partial charge in [0, 0.05) is 12.4 Å². The number of nitrogens with zero attached hydrogens (tertiary/aromatic N) is 3. The van der Waals surface area contributed by atoms with Crippen LogP contribution in [0.2, 0.25) is 0 Å². The second kappa shape index (κ2) is 4.31. The summed E-state index contributed by atoms with van der Waals surface area (Å²) >= 11 is 0. The van der Waals surface area contributed by atoms with E-state index in [-0.39, 0.29) is 0 Å². The van der Waals surface area contributed by atoms with E-state index in [1.807, 2.05) is 30.5 Å². The summed E-state index contributed by atoms with van der Waals surface area (Å²) < 4.78 is 0. The van der Waals surface area contributed by atoms with Crippen molar-refractivity contribution in [1.29, 1.82) is 0 Å². The summed E-state index contributed by atoms with van der Waals surface area (Å²) in [5, 5.41) is 11.0. The van der Waals surface area contributed by atoms with Crippen molar-refractivity contribution < 1.29 is 0 Å². The molecule has 0 aliphatic heterocycles. The summed E-state index contributed by atoms with van der Waals surface area (Å²) in [5.74, 6) is 0.795. The van der Waals surface area contributed by atoms with Crippen LogP contribution in [-0.4, -0.2) is 25.4 Å². The normalized spacial score (nSPS) is 11.0. The van der Waals surface area contributed by atoms with Gasteiger partial charge in [-0.05, 0) is 17.2 Å². The van der Waals surface area contributed by atoms with Gasteiger partial charge >= 0.3 is 0 Å². The molecule has 0 aliphatic rings. The van der Waals surface area contributed by atoms with E-state index in [4.69, 9.17) is 0 Å². The highest BCUT2D eigenvalue weighted by atomic mass is 15.3. The van der Waals surface area contributed by atoms with Crippen LogP contribution < -0.4 is 0 Å². The van der Waals surface area contributed by atoms with Crippen molar-refractivity contribution in [1.82, 2.24) is 25.4 Å². The first-order chi connectivity index (χ1) is 9.93. The molecule has 5 heteroatoms. The maximum Gasteiger partial charge on any atom is 0.140 e. The molecular formula is C15H11N5. The number of aromatic amines is 2. The maximum absolute atomic E-state index is 4.37. The smallest absolute Gasteiger partial charge is 0.140 e. The highest BCUT2D eigenvalue weighted by Crippen LogP contribution is 2.34. The molecule has 0 amide bonds. The number of fused-ring (bicyclic) bond motifs is 1. The molecule has 2 aromatic carbocycles. The van der Waals surface area contributed by atoms with E-state index >= 15 is 0 Å². The highest BCUT2D eigenvalue weighted by Gasteiger charge is 2.15. The van der Waals surface area contributed by atoms with Crippen LogP contribution >= 0.6 is 0 Å². The minimum Gasteiger partial charge on any atom is -0.345 e. The lowest BCUT2D eigenvalue weighted by atomic mass is 9.98. The molecule has 2 heterocycles. The number of rotatable bonds is 2. The molecule has 0 bridgehead atoms. The van der Waals surface area contributed by atoms with Crippen LogP contribution in [0.1, 0.15) is 0 Å². The minimum atomic E-state index is 0.795. The number of hydrogen-bond donors (Lipinski definition) is 2. The average Bonchev–Trinajstić information content (AvgIpc) is 3.18. The SMILES string of the molecule is c1ccc(-c2ccc3[nH]nnc3c2-c2ncc[nH]2)cc1. The second-order valence-corrected chi connectivity index (χ2v) is 4.50. The van der Waals surface area contributed by atoms with Crippen molar-refractivity contribution in [3.8, 4) is 22.5 Å². The Morgan fingerprint density at radius 3 is 2.65 bits per heavy atom. The Morgan fingerprint density at radius 1 is 0.950 bits per heavy atom. The summed E-state index contributed by atoms with van der Waals surface area (Å²) in [7, 11) is 0. The van der Waals surface area contributed by atoms with Crippen molar-refractivity contribution >= 4 is 11.0 Å². The zero-order valence-electron chi connectivity index (χ0n) is 10.5. The summed E-state index contributed by atoms with van der Waals surface area (Å²) in [5.41, 5.74) is 4.90. The summed E-state index contributed by atoms with van der Waals surface area (Å²) in [6.45, 7) is 0. The molecule has 0 saturated carbocycles. The van der Waals surface area contributed by atoms with Crippen molar-refractivity contribution in [3.05, 3.63) is 54.9 Å². The monoisotopic (exact) mass is 261 g/mol. The fourth-order valence-corrected chi connectivity index (χ4v) is 2.41. The van der Waals surface area contributed by atoms with Crippen LogP contribution in [0, 0.1) is 0 Å². The predicted molar refractivity (Wildman–Crippen MR) is 76.9 cm³/mol. The second-order valence-electron chi connectivity index (χ2n) is 4.50. The predicted octanol–water partition coefficient (Wildman–Crippen LogP) is 3.01. The largest absolute Gasteiger partial charge is 0.345 e. The van der Waals surface area contributed by atoms with Gasteiger partial charge in [0.25, 0.3) is 0 Å². The first kappa shape index (κ1) is 10.9. The fraction of sp³-hybridized carbons (Fsp3) is 0. The van der Waals surface area contributed by atoms with Crippen molar-refractivity contribution in [2.75, 3.05) is 0 Å². The molecule has 4 rings (SSSR count). The molecule has 0 atom stereocenters. The molecule has 5 nitrogen and oxygen atoms in total. The van der Waals surface area contributed by atoms with Crippen LogP contribution in [-0.2, 0) is 0 Å². The molecule has 20 heavy (non-hydrogen) atoms. The Hall–Kier alpha value is -2.95. The Morgan fingerprint density at radius 2 is 1.85 bits per heavy atom. The van der Waals surface area contributed by atoms with Crippen molar-refractivity contribution in [3.63, 3.8) is 0 Å². The summed E-state index contributed by atoms with van der Waals surface area (Å²) in [6.07, 6.45) is 3.55. The lowest BCUT2D eigenvalue weighted by molar-refractivity contribution is 0.959. The van der Waals surface area contributed by atoms with Gasteiger partial charge in [-0.25, -0.2) is 4.98 Å². The third kappa shape index (κ3) is 1.60. The van der Waals surface area contributed by atoms with Crippen molar-refractivity contribution in [2.24, 2.45) is 0 Å². The number of H-pyrrole nitrogens is 2. The molecule has 0 fully saturated rings. The summed E-state index contributed by atoms with van der Waals surface area (Å²) in [6, 6.07) is 14.3. The van der Waals surface area contributed by atoms with Gasteiger partial charge < -0.3 is 4.98 Å². The fourth-order valence-electron chi connectivity index (χ4n) is 2.41. The first-order valence-corrected chi connectivity index (χ1v) is 6.32. The molecule has 2 aromatic heterocycles. The molecule has 2 N–H and O–H groups in total. The molecule has 0 saturated heterocycles. The Kier molecular flexibility index (Phi) is 2.35. The Balaban J connectivity index is 2.08. The maximum atomic E-state index is 4.37. The van der Waals surface area contributed by atoms with Crippen LogP contribution in [0.3, 0.4) is 0 Å². The average molecular weight is 261 g/mol. The van der Waals surface area contributed by atoms with E-state index in [9.17, 15) is 0 Å². The van der Waals surface area contributed by atoms with Gasteiger partial charge in [-0.15, -0.1) is 5.10 Å². The van der Waals surface area contributed by atoms with E-state index in [1.54, 1.807) is 6.20 Å². The number of hydrogen-bond acceptors (Lipinski definition) is 3. The molecule has 0 radical (unpaired) electrons. The van der Waals surface area contributed by atoms with E-state index in [2.05, 4.69) is 43.6 Å². The van der Waals surface area contributed by atoms with Crippen LogP contribution in [0.15, 0.2) is 54.9 Å². The number of imidazole rings is 1. The molecule has 4 aromatic rings. The van der Waals surface area contributed by atoms with Crippen LogP contribution in [0.25, 0.3) is 33.5 Å². The van der Waals surface area contributed by atoms with Gasteiger partial charge in [-0.3, -0.25) is 5.10 Å². The van der Waals surface area contributed by atoms with Gasteiger partial charge in [0.15, 0.2) is 0 Å². The number of nitrogens with one attached hydrogen (secondary N) is 2. The molecule has 0 spiro atoms. The van der Waals surface area contributed by atoms with E-state index in [0.717, 1.165) is 33.5 Å². The number of benzene rings is 2. The van der Waals surface area contributed by atoms with Gasteiger partial charge in [-0.1, -0.05) is 41.6 Å².